The lowest BCUT2D eigenvalue weighted by atomic mass is 10.2. The normalized spacial score (nSPS) is 11.0. The lowest BCUT2D eigenvalue weighted by Crippen LogP contribution is -2.28. The standard InChI is InChI=1S/C17H24N8/c1-4-6-9-24(10-7-8-18)23-16-14(11-19)15(20)25-17(21-16)13(5-2)12(3)22-25/h4,6,9H,1,5,7-8,10,18,20H2,2-3H3,(H,21,23)/b9-6-. The first kappa shape index (κ1) is 18.3. The van der Waals surface area contributed by atoms with Crippen LogP contribution in [0.2, 0.25) is 0 Å². The maximum absolute atomic E-state index is 9.53. The first-order chi connectivity index (χ1) is 12.1. The molecule has 0 unspecified atom stereocenters. The molecule has 2 aromatic heterocycles. The average Bonchev–Trinajstić information content (AvgIpc) is 2.93. The van der Waals surface area contributed by atoms with Gasteiger partial charge in [0.25, 0.3) is 0 Å². The fourth-order valence-electron chi connectivity index (χ4n) is 2.55. The van der Waals surface area contributed by atoms with Crippen LogP contribution in [0.25, 0.3) is 5.65 Å². The minimum Gasteiger partial charge on any atom is -0.382 e. The molecule has 2 rings (SSSR count). The van der Waals surface area contributed by atoms with Crippen LogP contribution in [-0.2, 0) is 6.42 Å². The maximum Gasteiger partial charge on any atom is 0.168 e. The molecular formula is C17H24N8. The summed E-state index contributed by atoms with van der Waals surface area (Å²) in [5, 5.41) is 15.7. The number of hydrazine groups is 1. The Morgan fingerprint density at radius 1 is 1.48 bits per heavy atom. The van der Waals surface area contributed by atoms with E-state index in [1.54, 1.807) is 12.2 Å². The topological polar surface area (TPSA) is 121 Å². The van der Waals surface area contributed by atoms with Crippen LogP contribution in [0.4, 0.5) is 11.6 Å². The zero-order valence-electron chi connectivity index (χ0n) is 14.7. The van der Waals surface area contributed by atoms with Gasteiger partial charge in [-0.3, -0.25) is 10.4 Å². The molecule has 0 aromatic carbocycles. The Morgan fingerprint density at radius 2 is 2.24 bits per heavy atom. The summed E-state index contributed by atoms with van der Waals surface area (Å²) in [6.07, 6.45) is 6.83. The number of aromatic nitrogens is 3. The number of nitriles is 1. The van der Waals surface area contributed by atoms with Gasteiger partial charge < -0.3 is 11.5 Å². The number of hydrogen-bond acceptors (Lipinski definition) is 7. The minimum atomic E-state index is 0.252. The highest BCUT2D eigenvalue weighted by atomic mass is 15.5. The van der Waals surface area contributed by atoms with Crippen molar-refractivity contribution in [2.75, 3.05) is 24.2 Å². The van der Waals surface area contributed by atoms with Gasteiger partial charge in [0, 0.05) is 18.3 Å². The van der Waals surface area contributed by atoms with Crippen molar-refractivity contribution in [1.82, 2.24) is 19.6 Å². The molecule has 25 heavy (non-hydrogen) atoms. The van der Waals surface area contributed by atoms with E-state index >= 15 is 0 Å². The number of aryl methyl sites for hydroxylation is 2. The Kier molecular flexibility index (Phi) is 5.98. The van der Waals surface area contributed by atoms with Crippen molar-refractivity contribution in [3.05, 3.63) is 41.8 Å². The first-order valence-electron chi connectivity index (χ1n) is 8.17. The summed E-state index contributed by atoms with van der Waals surface area (Å²) in [5.74, 6) is 0.664. The van der Waals surface area contributed by atoms with Crippen molar-refractivity contribution < 1.29 is 0 Å². The molecule has 0 aliphatic rings. The van der Waals surface area contributed by atoms with Crippen molar-refractivity contribution >= 4 is 17.3 Å². The number of nitrogen functional groups attached to an aromatic ring is 1. The van der Waals surface area contributed by atoms with E-state index in [0.717, 1.165) is 24.1 Å². The van der Waals surface area contributed by atoms with Gasteiger partial charge in [-0.2, -0.15) is 14.9 Å². The number of allylic oxidation sites excluding steroid dienone is 2. The number of rotatable bonds is 8. The highest BCUT2D eigenvalue weighted by molar-refractivity contribution is 5.69. The van der Waals surface area contributed by atoms with Gasteiger partial charge in [0.15, 0.2) is 11.5 Å². The van der Waals surface area contributed by atoms with Crippen LogP contribution in [0, 0.1) is 18.3 Å². The molecule has 0 spiro atoms. The Bertz CT molecular complexity index is 828. The summed E-state index contributed by atoms with van der Waals surface area (Å²) in [7, 11) is 0. The number of hydrogen-bond donors (Lipinski definition) is 3. The summed E-state index contributed by atoms with van der Waals surface area (Å²) < 4.78 is 1.53. The Morgan fingerprint density at radius 3 is 2.84 bits per heavy atom. The fraction of sp³-hybridized carbons (Fsp3) is 0.353. The summed E-state index contributed by atoms with van der Waals surface area (Å²) >= 11 is 0. The van der Waals surface area contributed by atoms with Crippen molar-refractivity contribution in [2.45, 2.75) is 26.7 Å². The summed E-state index contributed by atoms with van der Waals surface area (Å²) in [5.41, 5.74) is 17.7. The van der Waals surface area contributed by atoms with E-state index in [1.165, 1.54) is 4.52 Å². The lowest BCUT2D eigenvalue weighted by Gasteiger charge is -2.22. The molecular weight excluding hydrogens is 316 g/mol. The van der Waals surface area contributed by atoms with E-state index in [1.807, 2.05) is 25.1 Å². The van der Waals surface area contributed by atoms with E-state index in [9.17, 15) is 5.26 Å². The van der Waals surface area contributed by atoms with E-state index in [4.69, 9.17) is 11.5 Å². The van der Waals surface area contributed by atoms with Crippen LogP contribution in [0.15, 0.2) is 24.9 Å². The van der Waals surface area contributed by atoms with E-state index in [0.29, 0.717) is 24.6 Å². The monoisotopic (exact) mass is 340 g/mol. The number of nitrogens with zero attached hydrogens (tertiary/aromatic N) is 5. The number of fused-ring (bicyclic) bond motifs is 1. The molecule has 0 aliphatic heterocycles. The molecule has 0 aliphatic carbocycles. The molecule has 2 aromatic rings. The molecule has 0 amide bonds. The van der Waals surface area contributed by atoms with Crippen LogP contribution in [0.1, 0.15) is 30.2 Å². The molecule has 5 N–H and O–H groups in total. The van der Waals surface area contributed by atoms with Crippen LogP contribution in [0.5, 0.6) is 0 Å². The van der Waals surface area contributed by atoms with Gasteiger partial charge in [0.1, 0.15) is 17.5 Å². The predicted molar refractivity (Wildman–Crippen MR) is 99.6 cm³/mol. The van der Waals surface area contributed by atoms with Gasteiger partial charge >= 0.3 is 0 Å². The minimum absolute atomic E-state index is 0.252. The molecule has 132 valence electrons. The van der Waals surface area contributed by atoms with Gasteiger partial charge in [0.2, 0.25) is 0 Å². The third-order valence-corrected chi connectivity index (χ3v) is 3.82. The molecule has 2 heterocycles. The predicted octanol–water partition coefficient (Wildman–Crippen LogP) is 1.73. The highest BCUT2D eigenvalue weighted by Crippen LogP contribution is 2.25. The third-order valence-electron chi connectivity index (χ3n) is 3.82. The molecule has 0 atom stereocenters. The Balaban J connectivity index is 2.52. The van der Waals surface area contributed by atoms with Gasteiger partial charge in [-0.1, -0.05) is 19.6 Å². The SMILES string of the molecule is C=C/C=C\N(CCCN)Nc1nc2c(CC)c(C)nn2c(N)c1C#N. The lowest BCUT2D eigenvalue weighted by molar-refractivity contribution is 0.438. The second kappa shape index (κ2) is 8.17. The first-order valence-corrected chi connectivity index (χ1v) is 8.17. The Labute approximate surface area is 147 Å². The maximum atomic E-state index is 9.53. The zero-order chi connectivity index (χ0) is 18.4. The smallest absolute Gasteiger partial charge is 0.168 e. The summed E-state index contributed by atoms with van der Waals surface area (Å²) in [6.45, 7) is 8.82. The second-order valence-corrected chi connectivity index (χ2v) is 5.51. The average molecular weight is 340 g/mol. The number of anilines is 2. The Hall–Kier alpha value is -3.05. The van der Waals surface area contributed by atoms with Crippen molar-refractivity contribution in [1.29, 1.82) is 5.26 Å². The van der Waals surface area contributed by atoms with Gasteiger partial charge in [-0.15, -0.1) is 0 Å². The van der Waals surface area contributed by atoms with Crippen LogP contribution < -0.4 is 16.9 Å². The molecule has 0 saturated heterocycles. The molecule has 0 fully saturated rings. The zero-order valence-corrected chi connectivity index (χ0v) is 14.7. The second-order valence-electron chi connectivity index (χ2n) is 5.51. The van der Waals surface area contributed by atoms with Gasteiger partial charge in [-0.05, 0) is 32.4 Å². The number of nitrogens with one attached hydrogen (secondary N) is 1. The van der Waals surface area contributed by atoms with Crippen LogP contribution in [-0.4, -0.2) is 32.7 Å². The van der Waals surface area contributed by atoms with E-state index in [2.05, 4.69) is 28.2 Å². The summed E-state index contributed by atoms with van der Waals surface area (Å²) in [6, 6.07) is 2.11. The van der Waals surface area contributed by atoms with Crippen molar-refractivity contribution in [2.24, 2.45) is 5.73 Å². The fourth-order valence-corrected chi connectivity index (χ4v) is 2.55. The van der Waals surface area contributed by atoms with E-state index in [-0.39, 0.29) is 11.4 Å². The molecule has 8 nitrogen and oxygen atoms in total. The number of nitrogens with two attached hydrogens (primary N) is 2. The van der Waals surface area contributed by atoms with Crippen molar-refractivity contribution in [3.8, 4) is 6.07 Å². The van der Waals surface area contributed by atoms with E-state index < -0.39 is 0 Å². The molecule has 0 radical (unpaired) electrons. The molecule has 0 saturated carbocycles. The summed E-state index contributed by atoms with van der Waals surface area (Å²) in [4.78, 5) is 4.61. The van der Waals surface area contributed by atoms with Crippen LogP contribution >= 0.6 is 0 Å². The molecule has 0 bridgehead atoms. The third kappa shape index (κ3) is 3.72. The van der Waals surface area contributed by atoms with Crippen LogP contribution in [0.3, 0.4) is 0 Å². The quantitative estimate of drug-likeness (QED) is 0.494. The largest absolute Gasteiger partial charge is 0.382 e. The van der Waals surface area contributed by atoms with Gasteiger partial charge in [0.05, 0.1) is 5.69 Å². The van der Waals surface area contributed by atoms with Crippen molar-refractivity contribution in [3.63, 3.8) is 0 Å². The molecule has 8 heteroatoms. The van der Waals surface area contributed by atoms with Gasteiger partial charge in [-0.25, -0.2) is 4.98 Å². The highest BCUT2D eigenvalue weighted by Gasteiger charge is 2.19.